The molecule has 4 aromatic carbocycles. The Morgan fingerprint density at radius 3 is 2.39 bits per heavy atom. The van der Waals surface area contributed by atoms with Crippen LogP contribution in [0.15, 0.2) is 138 Å². The van der Waals surface area contributed by atoms with Gasteiger partial charge >= 0.3 is 0 Å². The van der Waals surface area contributed by atoms with E-state index in [0.717, 1.165) is 28.5 Å². The number of allylic oxidation sites excluding steroid dienone is 4. The zero-order valence-corrected chi connectivity index (χ0v) is 31.1. The normalized spacial score (nSPS) is 14.8. The fourth-order valence-electron chi connectivity index (χ4n) is 5.71. The summed E-state index contributed by atoms with van der Waals surface area (Å²) < 4.78 is 22.5. The van der Waals surface area contributed by atoms with E-state index in [-0.39, 0.29) is 46.6 Å². The molecule has 0 aromatic heterocycles. The van der Waals surface area contributed by atoms with E-state index in [2.05, 4.69) is 16.9 Å². The number of carbonyl (C=O) groups is 3. The Balaban J connectivity index is 1.24. The highest BCUT2D eigenvalue weighted by Crippen LogP contribution is 2.39. The van der Waals surface area contributed by atoms with E-state index in [4.69, 9.17) is 30.5 Å². The number of nitrogens with one attached hydrogen (secondary N) is 1. The fourth-order valence-corrected chi connectivity index (χ4v) is 6.79. The molecule has 0 fully saturated rings. The van der Waals surface area contributed by atoms with Gasteiger partial charge in [-0.3, -0.25) is 19.3 Å². The van der Waals surface area contributed by atoms with Gasteiger partial charge in [0, 0.05) is 5.70 Å². The molecule has 274 valence electrons. The lowest BCUT2D eigenvalue weighted by Crippen LogP contribution is -2.42. The maximum atomic E-state index is 14.2. The maximum absolute atomic E-state index is 14.2. The zero-order valence-electron chi connectivity index (χ0n) is 29.5. The first kappa shape index (κ1) is 37.7. The molecule has 6 rings (SSSR count). The highest BCUT2D eigenvalue weighted by Gasteiger charge is 2.35. The molecule has 0 radical (unpaired) electrons. The molecule has 0 spiro atoms. The van der Waals surface area contributed by atoms with E-state index in [9.17, 15) is 14.4 Å². The van der Waals surface area contributed by atoms with Gasteiger partial charge in [-0.1, -0.05) is 115 Å². The van der Waals surface area contributed by atoms with Gasteiger partial charge in [-0.25, -0.2) is 0 Å². The van der Waals surface area contributed by atoms with Gasteiger partial charge in [0.05, 0.1) is 23.9 Å². The summed E-state index contributed by atoms with van der Waals surface area (Å²) in [6.07, 6.45) is 8.00. The topological polar surface area (TPSA) is 116 Å². The number of halogens is 1. The molecule has 0 saturated carbocycles. The molecular weight excluding hydrogens is 726 g/mol. The zero-order chi connectivity index (χ0) is 38.0. The maximum Gasteiger partial charge on any atom is 0.285 e. The predicted octanol–water partition coefficient (Wildman–Crippen LogP) is 8.05. The highest BCUT2D eigenvalue weighted by molar-refractivity contribution is 8.14. The van der Waals surface area contributed by atoms with Crippen LogP contribution in [-0.4, -0.2) is 47.4 Å². The number of hydrogen-bond donors (Lipinski definition) is 1. The summed E-state index contributed by atoms with van der Waals surface area (Å²) in [5, 5.41) is 3.35. The van der Waals surface area contributed by atoms with Crippen molar-refractivity contribution in [2.75, 3.05) is 19.7 Å². The summed E-state index contributed by atoms with van der Waals surface area (Å²) in [5.41, 5.74) is 3.26. The van der Waals surface area contributed by atoms with Crippen molar-refractivity contribution >= 4 is 52.3 Å². The quantitative estimate of drug-likeness (QED) is 0.0827. The smallest absolute Gasteiger partial charge is 0.285 e. The Hall–Kier alpha value is -6.04. The van der Waals surface area contributed by atoms with Gasteiger partial charge in [-0.2, -0.15) is 4.99 Å². The molecule has 2 heterocycles. The van der Waals surface area contributed by atoms with Crippen molar-refractivity contribution in [1.82, 2.24) is 10.2 Å². The average Bonchev–Trinajstić information content (AvgIpc) is 3.67. The van der Waals surface area contributed by atoms with Crippen LogP contribution in [0.2, 0.25) is 5.02 Å². The van der Waals surface area contributed by atoms with E-state index in [1.807, 2.05) is 72.8 Å². The van der Waals surface area contributed by atoms with Crippen LogP contribution in [0.5, 0.6) is 23.0 Å². The molecule has 0 bridgehead atoms. The van der Waals surface area contributed by atoms with Gasteiger partial charge in [0.1, 0.15) is 12.2 Å². The van der Waals surface area contributed by atoms with Crippen molar-refractivity contribution in [2.24, 2.45) is 4.99 Å². The van der Waals surface area contributed by atoms with Crippen molar-refractivity contribution in [2.45, 2.75) is 19.6 Å². The van der Waals surface area contributed by atoms with Crippen LogP contribution in [0.25, 0.3) is 6.08 Å². The number of nitrogens with zero attached hydrogens (tertiary/aromatic N) is 2. The van der Waals surface area contributed by atoms with E-state index >= 15 is 0 Å². The minimum absolute atomic E-state index is 0.0537. The van der Waals surface area contributed by atoms with Gasteiger partial charge in [-0.15, -0.1) is 0 Å². The number of methoxy groups -OCH3 is 1. The van der Waals surface area contributed by atoms with Crippen LogP contribution in [0.3, 0.4) is 0 Å². The van der Waals surface area contributed by atoms with Gasteiger partial charge in [0.25, 0.3) is 11.8 Å². The lowest BCUT2D eigenvalue weighted by atomic mass is 9.99. The summed E-state index contributed by atoms with van der Waals surface area (Å²) in [7, 11) is 1.46. The molecule has 2 aliphatic heterocycles. The number of ether oxygens (including phenoxy) is 4. The predicted molar refractivity (Wildman–Crippen MR) is 211 cm³/mol. The molecule has 10 nitrogen and oxygen atoms in total. The summed E-state index contributed by atoms with van der Waals surface area (Å²) in [5.74, 6) is 0.0230. The van der Waals surface area contributed by atoms with E-state index in [0.29, 0.717) is 28.5 Å². The van der Waals surface area contributed by atoms with Crippen molar-refractivity contribution in [3.05, 3.63) is 160 Å². The Kier molecular flexibility index (Phi) is 12.3. The van der Waals surface area contributed by atoms with Crippen molar-refractivity contribution in [3.63, 3.8) is 0 Å². The van der Waals surface area contributed by atoms with E-state index in [1.54, 1.807) is 49.4 Å². The number of hydrogen-bond acceptors (Lipinski definition) is 8. The van der Waals surface area contributed by atoms with Gasteiger partial charge in [0.2, 0.25) is 12.7 Å². The van der Waals surface area contributed by atoms with Crippen molar-refractivity contribution in [1.29, 1.82) is 0 Å². The summed E-state index contributed by atoms with van der Waals surface area (Å²) >= 11 is 7.66. The largest absolute Gasteiger partial charge is 0.493 e. The second kappa shape index (κ2) is 17.7. The molecule has 3 amide bonds. The number of fused-ring (bicyclic) bond motifs is 1. The fraction of sp³-hybridized carbons (Fsp3) is 0.143. The Morgan fingerprint density at radius 2 is 1.72 bits per heavy atom. The minimum Gasteiger partial charge on any atom is -0.493 e. The Labute approximate surface area is 322 Å². The lowest BCUT2D eigenvalue weighted by Gasteiger charge is -2.28. The molecular formula is C42H36ClN3O7S. The van der Waals surface area contributed by atoms with Crippen LogP contribution in [-0.2, 0) is 21.0 Å². The van der Waals surface area contributed by atoms with E-state index in [1.165, 1.54) is 18.1 Å². The summed E-state index contributed by atoms with van der Waals surface area (Å²) in [6.45, 7) is 5.80. The standard InChI is InChI=1S/C42H36ClN3O7S/c1-4-6-17-31(5-2)46-41(49)32(20-28-21-33(43)39(36(23-28)50-3)51-24-27-18-19-34-35(22-27)53-26-52-34)40(48)45-42(46)54-25-37(47)44-38(29-13-9-7-10-14-29)30-15-11-8-12-16-30/h4-23,38H,1,24-26H2,2-3H3,(H,44,47)/b17-6-,31-5+,32-20+. The molecule has 0 aliphatic carbocycles. The molecule has 4 aromatic rings. The second-order valence-electron chi connectivity index (χ2n) is 11.8. The number of carbonyl (C=O) groups excluding carboxylic acids is 3. The van der Waals surface area contributed by atoms with Crippen LogP contribution < -0.4 is 24.3 Å². The SMILES string of the molecule is C=C/C=C\C(=C/C)N1C(=O)/C(=C/c2cc(Cl)c(OCc3ccc4c(c3)OCO4)c(OC)c2)C(=O)N=C1SCC(=O)NC(c1ccccc1)c1ccccc1. The number of thioether (sulfide) groups is 1. The van der Waals surface area contributed by atoms with Crippen LogP contribution in [0.4, 0.5) is 0 Å². The van der Waals surface area contributed by atoms with Gasteiger partial charge < -0.3 is 24.3 Å². The monoisotopic (exact) mass is 761 g/mol. The number of amidine groups is 1. The first-order valence-electron chi connectivity index (χ1n) is 16.8. The first-order chi connectivity index (χ1) is 26.3. The molecule has 12 heteroatoms. The Bertz CT molecular complexity index is 2150. The molecule has 54 heavy (non-hydrogen) atoms. The van der Waals surface area contributed by atoms with Crippen LogP contribution >= 0.6 is 23.4 Å². The van der Waals surface area contributed by atoms with Crippen molar-refractivity contribution < 1.29 is 33.3 Å². The molecule has 2 aliphatic rings. The third kappa shape index (κ3) is 8.76. The number of benzene rings is 4. The van der Waals surface area contributed by atoms with E-state index < -0.39 is 17.9 Å². The summed E-state index contributed by atoms with van der Waals surface area (Å²) in [6, 6.07) is 27.5. The molecule has 1 N–H and O–H groups in total. The third-order valence-corrected chi connectivity index (χ3v) is 9.52. The van der Waals surface area contributed by atoms with Crippen LogP contribution in [0.1, 0.15) is 35.2 Å². The highest BCUT2D eigenvalue weighted by atomic mass is 35.5. The van der Waals surface area contributed by atoms with Crippen molar-refractivity contribution in [3.8, 4) is 23.0 Å². The van der Waals surface area contributed by atoms with Gasteiger partial charge in [0.15, 0.2) is 28.2 Å². The summed E-state index contributed by atoms with van der Waals surface area (Å²) in [4.78, 5) is 46.8. The number of rotatable bonds is 13. The Morgan fingerprint density at radius 1 is 1.02 bits per heavy atom. The first-order valence-corrected chi connectivity index (χ1v) is 18.2. The lowest BCUT2D eigenvalue weighted by molar-refractivity contribution is -0.126. The molecule has 0 unspecified atom stereocenters. The molecule has 0 saturated heterocycles. The number of amides is 3. The van der Waals surface area contributed by atoms with Crippen LogP contribution in [0, 0.1) is 0 Å². The average molecular weight is 762 g/mol. The second-order valence-corrected chi connectivity index (χ2v) is 13.2. The third-order valence-electron chi connectivity index (χ3n) is 8.30. The minimum atomic E-state index is -0.771. The van der Waals surface area contributed by atoms with Gasteiger partial charge in [-0.05, 0) is 65.6 Å². The number of aliphatic imine (C=N–C) groups is 1. The molecule has 0 atom stereocenters.